The Morgan fingerprint density at radius 1 is 0.880 bits per heavy atom. The van der Waals surface area contributed by atoms with Crippen molar-refractivity contribution in [3.63, 3.8) is 0 Å². The van der Waals surface area contributed by atoms with Gasteiger partial charge in [-0.1, -0.05) is 18.2 Å². The summed E-state index contributed by atoms with van der Waals surface area (Å²) in [6.45, 7) is 3.61. The van der Waals surface area contributed by atoms with Gasteiger partial charge in [-0.25, -0.2) is 8.78 Å². The number of anilines is 2. The fourth-order valence-electron chi connectivity index (χ4n) is 2.99. The summed E-state index contributed by atoms with van der Waals surface area (Å²) >= 11 is 0. The Hall–Kier alpha value is -2.88. The molecule has 0 saturated heterocycles. The first kappa shape index (κ1) is 17.0. The van der Waals surface area contributed by atoms with E-state index in [2.05, 4.69) is 0 Å². The molecule has 128 valence electrons. The van der Waals surface area contributed by atoms with E-state index in [4.69, 9.17) is 0 Å². The Labute approximate surface area is 146 Å². The third-order valence-electron chi connectivity index (χ3n) is 4.30. The van der Waals surface area contributed by atoms with Gasteiger partial charge in [0.1, 0.15) is 17.4 Å². The number of hydrogen-bond donors (Lipinski definition) is 1. The van der Waals surface area contributed by atoms with Crippen LogP contribution in [0.3, 0.4) is 0 Å². The lowest BCUT2D eigenvalue weighted by Gasteiger charge is -2.24. The lowest BCUT2D eigenvalue weighted by atomic mass is 10.0. The van der Waals surface area contributed by atoms with Crippen LogP contribution in [-0.2, 0) is 0 Å². The molecule has 0 unspecified atom stereocenters. The van der Waals surface area contributed by atoms with Crippen molar-refractivity contribution in [2.45, 2.75) is 13.8 Å². The van der Waals surface area contributed by atoms with Crippen molar-refractivity contribution >= 4 is 11.4 Å². The molecule has 0 spiro atoms. The van der Waals surface area contributed by atoms with Crippen LogP contribution in [0, 0.1) is 25.5 Å². The standard InChI is InChI=1S/C21H19F2NO/c1-13-9-16(15-5-4-6-17(22)11-15)12-18(10-13)24(3)21-14(2)20(25)8-7-19(21)23/h4-12,25H,1-3H3. The number of benzene rings is 3. The highest BCUT2D eigenvalue weighted by Gasteiger charge is 2.16. The van der Waals surface area contributed by atoms with Gasteiger partial charge in [0.25, 0.3) is 0 Å². The smallest absolute Gasteiger partial charge is 0.147 e. The fraction of sp³-hybridized carbons (Fsp3) is 0.143. The number of rotatable bonds is 3. The van der Waals surface area contributed by atoms with Gasteiger partial charge in [0.2, 0.25) is 0 Å². The largest absolute Gasteiger partial charge is 0.508 e. The number of aromatic hydroxyl groups is 1. The van der Waals surface area contributed by atoms with E-state index in [1.165, 1.54) is 24.3 Å². The summed E-state index contributed by atoms with van der Waals surface area (Å²) in [6.07, 6.45) is 0. The van der Waals surface area contributed by atoms with Crippen molar-refractivity contribution < 1.29 is 13.9 Å². The molecule has 3 aromatic rings. The number of phenols is 1. The van der Waals surface area contributed by atoms with E-state index >= 15 is 0 Å². The average Bonchev–Trinajstić information content (AvgIpc) is 2.58. The third-order valence-corrected chi connectivity index (χ3v) is 4.30. The molecule has 0 heterocycles. The zero-order valence-electron chi connectivity index (χ0n) is 14.3. The normalized spacial score (nSPS) is 10.8. The van der Waals surface area contributed by atoms with Gasteiger partial charge in [-0.15, -0.1) is 0 Å². The van der Waals surface area contributed by atoms with E-state index in [0.717, 1.165) is 22.4 Å². The highest BCUT2D eigenvalue weighted by molar-refractivity contribution is 5.75. The molecule has 3 rings (SSSR count). The predicted octanol–water partition coefficient (Wildman–Crippen LogP) is 5.72. The topological polar surface area (TPSA) is 23.5 Å². The lowest BCUT2D eigenvalue weighted by molar-refractivity contribution is 0.469. The Balaban J connectivity index is 2.11. The maximum Gasteiger partial charge on any atom is 0.147 e. The summed E-state index contributed by atoms with van der Waals surface area (Å²) < 4.78 is 27.9. The first-order chi connectivity index (χ1) is 11.9. The van der Waals surface area contributed by atoms with Gasteiger partial charge in [-0.2, -0.15) is 0 Å². The van der Waals surface area contributed by atoms with Crippen molar-refractivity contribution in [1.29, 1.82) is 0 Å². The molecular weight excluding hydrogens is 320 g/mol. The molecule has 0 aliphatic carbocycles. The summed E-state index contributed by atoms with van der Waals surface area (Å²) in [7, 11) is 1.75. The summed E-state index contributed by atoms with van der Waals surface area (Å²) in [5, 5.41) is 9.90. The molecule has 25 heavy (non-hydrogen) atoms. The van der Waals surface area contributed by atoms with Crippen molar-refractivity contribution in [1.82, 2.24) is 0 Å². The van der Waals surface area contributed by atoms with Crippen molar-refractivity contribution in [2.75, 3.05) is 11.9 Å². The minimum Gasteiger partial charge on any atom is -0.508 e. The first-order valence-electron chi connectivity index (χ1n) is 7.96. The van der Waals surface area contributed by atoms with Crippen molar-refractivity contribution in [3.05, 3.63) is 77.4 Å². The van der Waals surface area contributed by atoms with Gasteiger partial charge in [-0.05, 0) is 66.9 Å². The van der Waals surface area contributed by atoms with E-state index in [1.807, 2.05) is 31.2 Å². The molecule has 2 nitrogen and oxygen atoms in total. The van der Waals surface area contributed by atoms with Crippen LogP contribution in [0.1, 0.15) is 11.1 Å². The minimum atomic E-state index is -0.411. The minimum absolute atomic E-state index is 0.0428. The van der Waals surface area contributed by atoms with Crippen LogP contribution in [0.2, 0.25) is 0 Å². The van der Waals surface area contributed by atoms with Crippen LogP contribution >= 0.6 is 0 Å². The van der Waals surface area contributed by atoms with Gasteiger partial charge in [-0.3, -0.25) is 0 Å². The number of phenolic OH excluding ortho intramolecular Hbond substituents is 1. The molecule has 0 aliphatic rings. The van der Waals surface area contributed by atoms with E-state index in [1.54, 1.807) is 24.9 Å². The van der Waals surface area contributed by atoms with Crippen LogP contribution in [-0.4, -0.2) is 12.2 Å². The lowest BCUT2D eigenvalue weighted by Crippen LogP contribution is -2.13. The average molecular weight is 339 g/mol. The fourth-order valence-corrected chi connectivity index (χ4v) is 2.99. The Morgan fingerprint density at radius 2 is 1.64 bits per heavy atom. The van der Waals surface area contributed by atoms with Crippen LogP contribution in [0.15, 0.2) is 54.6 Å². The van der Waals surface area contributed by atoms with Gasteiger partial charge in [0, 0.05) is 18.3 Å². The Kier molecular flexibility index (Phi) is 4.45. The van der Waals surface area contributed by atoms with Gasteiger partial charge >= 0.3 is 0 Å². The Bertz CT molecular complexity index is 937. The second kappa shape index (κ2) is 6.55. The number of nitrogens with zero attached hydrogens (tertiary/aromatic N) is 1. The van der Waals surface area contributed by atoms with Gasteiger partial charge < -0.3 is 10.0 Å². The molecule has 0 atom stereocenters. The van der Waals surface area contributed by atoms with E-state index in [0.29, 0.717) is 11.3 Å². The number of aryl methyl sites for hydroxylation is 1. The molecular formula is C21H19F2NO. The zero-order chi connectivity index (χ0) is 18.1. The second-order valence-electron chi connectivity index (χ2n) is 6.17. The highest BCUT2D eigenvalue weighted by atomic mass is 19.1. The molecule has 1 N–H and O–H groups in total. The van der Waals surface area contributed by atoms with Crippen LogP contribution < -0.4 is 4.90 Å². The molecule has 0 amide bonds. The molecule has 0 aromatic heterocycles. The molecule has 0 fully saturated rings. The molecule has 3 aromatic carbocycles. The molecule has 4 heteroatoms. The maximum absolute atomic E-state index is 14.3. The summed E-state index contributed by atoms with van der Waals surface area (Å²) in [5.74, 6) is -0.670. The quantitative estimate of drug-likeness (QED) is 0.659. The summed E-state index contributed by atoms with van der Waals surface area (Å²) in [6, 6.07) is 14.7. The van der Waals surface area contributed by atoms with Crippen LogP contribution in [0.5, 0.6) is 5.75 Å². The number of hydrogen-bond acceptors (Lipinski definition) is 2. The van der Waals surface area contributed by atoms with E-state index in [-0.39, 0.29) is 11.6 Å². The van der Waals surface area contributed by atoms with Crippen LogP contribution in [0.4, 0.5) is 20.2 Å². The summed E-state index contributed by atoms with van der Waals surface area (Å²) in [5.41, 5.74) is 4.12. The maximum atomic E-state index is 14.3. The van der Waals surface area contributed by atoms with E-state index < -0.39 is 5.82 Å². The van der Waals surface area contributed by atoms with E-state index in [9.17, 15) is 13.9 Å². The molecule has 0 saturated carbocycles. The Morgan fingerprint density at radius 3 is 2.36 bits per heavy atom. The van der Waals surface area contributed by atoms with Gasteiger partial charge in [0.15, 0.2) is 0 Å². The predicted molar refractivity (Wildman–Crippen MR) is 97.4 cm³/mol. The molecule has 0 bridgehead atoms. The number of halogens is 2. The van der Waals surface area contributed by atoms with Gasteiger partial charge in [0.05, 0.1) is 5.69 Å². The van der Waals surface area contributed by atoms with Crippen molar-refractivity contribution in [3.8, 4) is 16.9 Å². The van der Waals surface area contributed by atoms with Crippen LogP contribution in [0.25, 0.3) is 11.1 Å². The first-order valence-corrected chi connectivity index (χ1v) is 7.96. The zero-order valence-corrected chi connectivity index (χ0v) is 14.3. The van der Waals surface area contributed by atoms with Crippen molar-refractivity contribution in [2.24, 2.45) is 0 Å². The highest BCUT2D eigenvalue weighted by Crippen LogP contribution is 2.36. The monoisotopic (exact) mass is 339 g/mol. The third kappa shape index (κ3) is 3.33. The summed E-state index contributed by atoms with van der Waals surface area (Å²) in [4.78, 5) is 1.69. The molecule has 0 radical (unpaired) electrons. The SMILES string of the molecule is Cc1cc(-c2cccc(F)c2)cc(N(C)c2c(F)ccc(O)c2C)c1. The molecule has 0 aliphatic heterocycles. The second-order valence-corrected chi connectivity index (χ2v) is 6.17.